The summed E-state index contributed by atoms with van der Waals surface area (Å²) in [7, 11) is 0. The molecule has 1 heterocycles. The Balaban J connectivity index is 1.83. The number of hydrogen-bond donors (Lipinski definition) is 1. The topological polar surface area (TPSA) is 32.3 Å². The van der Waals surface area contributed by atoms with E-state index in [1.165, 1.54) is 16.7 Å². The van der Waals surface area contributed by atoms with Crippen LogP contribution < -0.4 is 5.32 Å². The summed E-state index contributed by atoms with van der Waals surface area (Å²) in [6, 6.07) is 19.4. The van der Waals surface area contributed by atoms with E-state index in [0.29, 0.717) is 6.54 Å². The zero-order valence-corrected chi connectivity index (χ0v) is 13.0. The number of amides is 1. The minimum atomic E-state index is 0.0303. The van der Waals surface area contributed by atoms with Crippen molar-refractivity contribution in [3.63, 3.8) is 0 Å². The molecule has 0 spiro atoms. The van der Waals surface area contributed by atoms with Gasteiger partial charge in [0.2, 0.25) is 5.91 Å². The van der Waals surface area contributed by atoms with Crippen molar-refractivity contribution in [2.45, 2.75) is 25.9 Å². The van der Waals surface area contributed by atoms with Crippen LogP contribution in [0.4, 0.5) is 0 Å². The summed E-state index contributed by atoms with van der Waals surface area (Å²) in [5.41, 5.74) is 4.07. The van der Waals surface area contributed by atoms with Gasteiger partial charge in [-0.05, 0) is 23.1 Å². The zero-order valence-electron chi connectivity index (χ0n) is 13.0. The van der Waals surface area contributed by atoms with Gasteiger partial charge in [0.15, 0.2) is 0 Å². The van der Waals surface area contributed by atoms with Crippen LogP contribution in [0.2, 0.25) is 0 Å². The van der Waals surface area contributed by atoms with Gasteiger partial charge in [-0.1, -0.05) is 54.6 Å². The minimum absolute atomic E-state index is 0.0303. The minimum Gasteiger partial charge on any atom is -0.354 e. The van der Waals surface area contributed by atoms with Crippen molar-refractivity contribution >= 4 is 5.91 Å². The smallest absolute Gasteiger partial charge is 0.216 e. The van der Waals surface area contributed by atoms with E-state index in [0.717, 1.165) is 19.5 Å². The Hall–Kier alpha value is -2.13. The van der Waals surface area contributed by atoms with E-state index in [-0.39, 0.29) is 11.9 Å². The van der Waals surface area contributed by atoms with Gasteiger partial charge in [0.1, 0.15) is 0 Å². The molecule has 2 aromatic rings. The van der Waals surface area contributed by atoms with Gasteiger partial charge in [-0.3, -0.25) is 9.69 Å². The van der Waals surface area contributed by atoms with Crippen LogP contribution in [-0.2, 0) is 17.8 Å². The highest BCUT2D eigenvalue weighted by Crippen LogP contribution is 2.30. The summed E-state index contributed by atoms with van der Waals surface area (Å²) in [6.07, 6.45) is 1.07. The number of rotatable bonds is 4. The summed E-state index contributed by atoms with van der Waals surface area (Å²) < 4.78 is 0. The van der Waals surface area contributed by atoms with Gasteiger partial charge in [0, 0.05) is 26.6 Å². The van der Waals surface area contributed by atoms with Crippen molar-refractivity contribution in [1.29, 1.82) is 0 Å². The second-order valence-corrected chi connectivity index (χ2v) is 5.86. The van der Waals surface area contributed by atoms with Crippen LogP contribution in [0.3, 0.4) is 0 Å². The lowest BCUT2D eigenvalue weighted by molar-refractivity contribution is -0.119. The Bertz CT molecular complexity index is 639. The van der Waals surface area contributed by atoms with Gasteiger partial charge < -0.3 is 5.32 Å². The average Bonchev–Trinajstić information content (AvgIpc) is 2.54. The average molecular weight is 294 g/mol. The van der Waals surface area contributed by atoms with Crippen molar-refractivity contribution in [2.75, 3.05) is 13.1 Å². The third kappa shape index (κ3) is 3.37. The first-order valence-electron chi connectivity index (χ1n) is 7.84. The first kappa shape index (κ1) is 14.8. The van der Waals surface area contributed by atoms with E-state index in [1.54, 1.807) is 6.92 Å². The third-order valence-corrected chi connectivity index (χ3v) is 4.30. The Morgan fingerprint density at radius 1 is 1.14 bits per heavy atom. The van der Waals surface area contributed by atoms with Crippen LogP contribution in [0.15, 0.2) is 54.6 Å². The van der Waals surface area contributed by atoms with Crippen molar-refractivity contribution in [3.05, 3.63) is 71.3 Å². The molecule has 0 radical (unpaired) electrons. The number of carbonyl (C=O) groups is 1. The molecule has 3 rings (SSSR count). The maximum Gasteiger partial charge on any atom is 0.216 e. The first-order chi connectivity index (χ1) is 10.7. The number of fused-ring (bicyclic) bond motifs is 1. The highest BCUT2D eigenvalue weighted by molar-refractivity contribution is 5.72. The first-order valence-corrected chi connectivity index (χ1v) is 7.84. The van der Waals surface area contributed by atoms with E-state index < -0.39 is 0 Å². The van der Waals surface area contributed by atoms with E-state index in [9.17, 15) is 4.79 Å². The molecule has 3 heteroatoms. The van der Waals surface area contributed by atoms with Gasteiger partial charge in [-0.15, -0.1) is 0 Å². The van der Waals surface area contributed by atoms with Crippen LogP contribution in [0, 0.1) is 0 Å². The molecule has 2 aromatic carbocycles. The lowest BCUT2D eigenvalue weighted by Gasteiger charge is -2.37. The molecule has 1 aliphatic rings. The van der Waals surface area contributed by atoms with Gasteiger partial charge in [0.05, 0.1) is 6.04 Å². The number of carbonyl (C=O) groups excluding carboxylic acids is 1. The molecular weight excluding hydrogens is 272 g/mol. The fourth-order valence-electron chi connectivity index (χ4n) is 3.19. The van der Waals surface area contributed by atoms with Crippen molar-refractivity contribution < 1.29 is 4.79 Å². The molecule has 0 bridgehead atoms. The molecule has 1 N–H and O–H groups in total. The number of hydrogen-bond acceptors (Lipinski definition) is 2. The van der Waals surface area contributed by atoms with Gasteiger partial charge in [-0.25, -0.2) is 0 Å². The maximum absolute atomic E-state index is 11.3. The molecule has 0 aliphatic carbocycles. The second kappa shape index (κ2) is 6.75. The molecule has 1 unspecified atom stereocenters. The molecule has 0 fully saturated rings. The fraction of sp³-hybridized carbons (Fsp3) is 0.316. The maximum atomic E-state index is 11.3. The summed E-state index contributed by atoms with van der Waals surface area (Å²) in [6.45, 7) is 4.19. The Labute approximate surface area is 132 Å². The van der Waals surface area contributed by atoms with Crippen molar-refractivity contribution in [3.8, 4) is 0 Å². The van der Waals surface area contributed by atoms with Crippen LogP contribution in [0.25, 0.3) is 0 Å². The molecule has 0 saturated heterocycles. The second-order valence-electron chi connectivity index (χ2n) is 5.86. The summed E-state index contributed by atoms with van der Waals surface area (Å²) in [4.78, 5) is 13.8. The van der Waals surface area contributed by atoms with E-state index in [4.69, 9.17) is 0 Å². The molecule has 3 nitrogen and oxygen atoms in total. The van der Waals surface area contributed by atoms with Crippen LogP contribution >= 0.6 is 0 Å². The summed E-state index contributed by atoms with van der Waals surface area (Å²) >= 11 is 0. The lowest BCUT2D eigenvalue weighted by atomic mass is 9.92. The lowest BCUT2D eigenvalue weighted by Crippen LogP contribution is -2.41. The highest BCUT2D eigenvalue weighted by atomic mass is 16.1. The predicted molar refractivity (Wildman–Crippen MR) is 88.4 cm³/mol. The molecule has 114 valence electrons. The van der Waals surface area contributed by atoms with E-state index >= 15 is 0 Å². The predicted octanol–water partition coefficient (Wildman–Crippen LogP) is 2.92. The van der Waals surface area contributed by atoms with E-state index in [2.05, 4.69) is 58.7 Å². The summed E-state index contributed by atoms with van der Waals surface area (Å²) in [5.74, 6) is 0.0303. The monoisotopic (exact) mass is 294 g/mol. The third-order valence-electron chi connectivity index (χ3n) is 4.30. The number of benzene rings is 2. The van der Waals surface area contributed by atoms with Crippen LogP contribution in [0.5, 0.6) is 0 Å². The van der Waals surface area contributed by atoms with Crippen LogP contribution in [-0.4, -0.2) is 23.9 Å². The zero-order chi connectivity index (χ0) is 15.4. The number of nitrogens with zero attached hydrogens (tertiary/aromatic N) is 1. The standard InChI is InChI=1S/C19H22N2O/c1-15(22)20-13-19-18-10-6-5-9-17(18)11-12-21(19)14-16-7-3-2-4-8-16/h2-10,19H,11-14H2,1H3,(H,20,22). The van der Waals surface area contributed by atoms with Crippen LogP contribution in [0.1, 0.15) is 29.7 Å². The molecule has 1 atom stereocenters. The molecule has 1 amide bonds. The molecule has 0 aromatic heterocycles. The van der Waals surface area contributed by atoms with Crippen molar-refractivity contribution in [2.24, 2.45) is 0 Å². The quantitative estimate of drug-likeness (QED) is 0.940. The SMILES string of the molecule is CC(=O)NCC1c2ccccc2CCN1Cc1ccccc1. The Morgan fingerprint density at radius 3 is 2.64 bits per heavy atom. The molecule has 0 saturated carbocycles. The number of nitrogens with one attached hydrogen (secondary N) is 1. The molecular formula is C19H22N2O. The van der Waals surface area contributed by atoms with E-state index in [1.807, 2.05) is 6.07 Å². The molecule has 22 heavy (non-hydrogen) atoms. The highest BCUT2D eigenvalue weighted by Gasteiger charge is 2.27. The summed E-state index contributed by atoms with van der Waals surface area (Å²) in [5, 5.41) is 2.99. The normalized spacial score (nSPS) is 17.8. The largest absolute Gasteiger partial charge is 0.354 e. The van der Waals surface area contributed by atoms with Gasteiger partial charge >= 0.3 is 0 Å². The fourth-order valence-corrected chi connectivity index (χ4v) is 3.19. The van der Waals surface area contributed by atoms with Gasteiger partial charge in [0.25, 0.3) is 0 Å². The van der Waals surface area contributed by atoms with Crippen molar-refractivity contribution in [1.82, 2.24) is 10.2 Å². The Kier molecular flexibility index (Phi) is 4.54. The molecule has 1 aliphatic heterocycles. The van der Waals surface area contributed by atoms with Gasteiger partial charge in [-0.2, -0.15) is 0 Å². The Morgan fingerprint density at radius 2 is 1.86 bits per heavy atom.